The molecule has 0 aliphatic heterocycles. The third kappa shape index (κ3) is 1.39. The Morgan fingerprint density at radius 2 is 1.40 bits per heavy atom. The minimum atomic E-state index is 0.175. The summed E-state index contributed by atoms with van der Waals surface area (Å²) in [7, 11) is 0. The smallest absolute Gasteiger partial charge is 0.101 e. The van der Waals surface area contributed by atoms with Gasteiger partial charge < -0.3 is 0 Å². The summed E-state index contributed by atoms with van der Waals surface area (Å²) in [6, 6.07) is 14.3. The third-order valence-corrected chi connectivity index (χ3v) is 3.42. The van der Waals surface area contributed by atoms with E-state index in [0.29, 0.717) is 22.3 Å². The zero-order chi connectivity index (χ0) is 14.3. The molecule has 0 atom stereocenters. The van der Waals surface area contributed by atoms with Crippen molar-refractivity contribution in [2.75, 3.05) is 0 Å². The molecule has 2 aromatic rings. The number of nitriles is 2. The second kappa shape index (κ2) is 4.15. The summed E-state index contributed by atoms with van der Waals surface area (Å²) in [6.45, 7) is 0. The Balaban J connectivity index is 2.41. The van der Waals surface area contributed by atoms with Crippen molar-refractivity contribution in [2.45, 2.75) is 0 Å². The highest BCUT2D eigenvalue weighted by Crippen LogP contribution is 2.30. The molecular weight excluding hydrogens is 248 g/mol. The fourth-order valence-electron chi connectivity index (χ4n) is 2.48. The second-order valence-electron chi connectivity index (χ2n) is 4.43. The average Bonchev–Trinajstić information content (AvgIpc) is 2.51. The van der Waals surface area contributed by atoms with Gasteiger partial charge in [0.1, 0.15) is 12.1 Å². The molecule has 4 heteroatoms. The van der Waals surface area contributed by atoms with E-state index in [0.717, 1.165) is 0 Å². The number of hydrogen-bond acceptors (Lipinski definition) is 4. The Labute approximate surface area is 115 Å². The second-order valence-corrected chi connectivity index (χ2v) is 4.43. The van der Waals surface area contributed by atoms with Crippen LogP contribution in [0, 0.1) is 33.5 Å². The van der Waals surface area contributed by atoms with Gasteiger partial charge in [-0.05, 0) is 6.07 Å². The highest BCUT2D eigenvalue weighted by molar-refractivity contribution is 6.30. The van der Waals surface area contributed by atoms with Crippen molar-refractivity contribution in [1.82, 2.24) is 0 Å². The lowest BCUT2D eigenvalue weighted by Gasteiger charge is -2.22. The maximum absolute atomic E-state index is 9.29. The van der Waals surface area contributed by atoms with Crippen LogP contribution in [-0.4, -0.2) is 11.4 Å². The van der Waals surface area contributed by atoms with E-state index in [1.165, 1.54) is 6.07 Å². The quantitative estimate of drug-likeness (QED) is 0.646. The summed E-state index contributed by atoms with van der Waals surface area (Å²) in [4.78, 5) is 0. The van der Waals surface area contributed by atoms with Crippen molar-refractivity contribution in [3.05, 3.63) is 69.8 Å². The summed E-state index contributed by atoms with van der Waals surface area (Å²) in [5, 5.41) is 34.9. The molecular formula is C16H8N4. The van der Waals surface area contributed by atoms with Gasteiger partial charge in [-0.3, -0.25) is 10.8 Å². The highest BCUT2D eigenvalue weighted by Gasteiger charge is 2.28. The van der Waals surface area contributed by atoms with Crippen LogP contribution in [0.3, 0.4) is 0 Å². The Hall–Kier alpha value is -3.24. The van der Waals surface area contributed by atoms with Crippen LogP contribution in [0.4, 0.5) is 0 Å². The first-order chi connectivity index (χ1) is 9.69. The number of benzene rings is 2. The number of fused-ring (bicyclic) bond motifs is 2. The van der Waals surface area contributed by atoms with Crippen molar-refractivity contribution in [1.29, 1.82) is 21.3 Å². The maximum atomic E-state index is 9.29. The first-order valence-corrected chi connectivity index (χ1v) is 5.94. The monoisotopic (exact) mass is 256 g/mol. The molecule has 0 saturated heterocycles. The topological polar surface area (TPSA) is 95.3 Å². The molecule has 3 rings (SSSR count). The van der Waals surface area contributed by atoms with Gasteiger partial charge in [-0.25, -0.2) is 0 Å². The van der Waals surface area contributed by atoms with E-state index in [-0.39, 0.29) is 22.6 Å². The number of rotatable bonds is 0. The number of nitrogens with zero attached hydrogens (tertiary/aromatic N) is 2. The van der Waals surface area contributed by atoms with Gasteiger partial charge in [0.2, 0.25) is 0 Å². The molecule has 0 unspecified atom stereocenters. The standard InChI is InChI=1S/C16H8N4/c17-7-9-5-6-12-14(13(9)8-18)16(20)11-4-2-1-3-10(11)15(12)19/h1-6,19-20H. The van der Waals surface area contributed by atoms with E-state index in [9.17, 15) is 5.26 Å². The van der Waals surface area contributed by atoms with E-state index >= 15 is 0 Å². The molecule has 2 aromatic carbocycles. The van der Waals surface area contributed by atoms with Gasteiger partial charge in [-0.1, -0.05) is 30.3 Å². The molecule has 1 aliphatic rings. The van der Waals surface area contributed by atoms with E-state index < -0.39 is 0 Å². The molecule has 0 spiro atoms. The van der Waals surface area contributed by atoms with Gasteiger partial charge in [0, 0.05) is 22.3 Å². The van der Waals surface area contributed by atoms with Crippen molar-refractivity contribution < 1.29 is 0 Å². The molecule has 0 bridgehead atoms. The number of nitrogens with one attached hydrogen (secondary N) is 2. The van der Waals surface area contributed by atoms with Gasteiger partial charge in [0.15, 0.2) is 0 Å². The summed E-state index contributed by atoms with van der Waals surface area (Å²) in [6.07, 6.45) is 0. The van der Waals surface area contributed by atoms with Gasteiger partial charge in [0.25, 0.3) is 0 Å². The van der Waals surface area contributed by atoms with Crippen molar-refractivity contribution in [3.8, 4) is 12.1 Å². The lowest BCUT2D eigenvalue weighted by atomic mass is 9.80. The summed E-state index contributed by atoms with van der Waals surface area (Å²) >= 11 is 0. The SMILES string of the molecule is N#Cc1ccc2c(c1C#N)C(=N)c1ccccc1C2=N. The summed E-state index contributed by atoms with van der Waals surface area (Å²) in [5.41, 5.74) is 3.11. The van der Waals surface area contributed by atoms with Crippen molar-refractivity contribution in [3.63, 3.8) is 0 Å². The van der Waals surface area contributed by atoms with E-state index in [1.807, 2.05) is 18.2 Å². The van der Waals surface area contributed by atoms with Crippen molar-refractivity contribution in [2.24, 2.45) is 0 Å². The molecule has 0 radical (unpaired) electrons. The first-order valence-electron chi connectivity index (χ1n) is 5.94. The minimum Gasteiger partial charge on any atom is -0.300 e. The van der Waals surface area contributed by atoms with Crippen LogP contribution in [-0.2, 0) is 0 Å². The lowest BCUT2D eigenvalue weighted by molar-refractivity contribution is 1.34. The molecule has 1 aliphatic carbocycles. The van der Waals surface area contributed by atoms with Gasteiger partial charge >= 0.3 is 0 Å². The molecule has 0 saturated carbocycles. The fourth-order valence-corrected chi connectivity index (χ4v) is 2.48. The molecule has 20 heavy (non-hydrogen) atoms. The highest BCUT2D eigenvalue weighted by atomic mass is 14.5. The molecule has 0 aromatic heterocycles. The molecule has 92 valence electrons. The van der Waals surface area contributed by atoms with Crippen LogP contribution in [0.5, 0.6) is 0 Å². The minimum absolute atomic E-state index is 0.175. The van der Waals surface area contributed by atoms with Gasteiger partial charge in [-0.15, -0.1) is 0 Å². The van der Waals surface area contributed by atoms with E-state index in [1.54, 1.807) is 24.3 Å². The van der Waals surface area contributed by atoms with Crippen LogP contribution < -0.4 is 0 Å². The van der Waals surface area contributed by atoms with Crippen LogP contribution in [0.2, 0.25) is 0 Å². The summed E-state index contributed by atoms with van der Waals surface area (Å²) in [5.74, 6) is 0. The van der Waals surface area contributed by atoms with Crippen LogP contribution >= 0.6 is 0 Å². The Morgan fingerprint density at radius 1 is 0.750 bits per heavy atom. The Kier molecular flexibility index (Phi) is 2.45. The van der Waals surface area contributed by atoms with Crippen LogP contribution in [0.1, 0.15) is 33.4 Å². The van der Waals surface area contributed by atoms with E-state index in [2.05, 4.69) is 0 Å². The van der Waals surface area contributed by atoms with E-state index in [4.69, 9.17) is 16.1 Å². The molecule has 0 heterocycles. The maximum Gasteiger partial charge on any atom is 0.101 e. The zero-order valence-electron chi connectivity index (χ0n) is 10.4. The molecule has 0 amide bonds. The van der Waals surface area contributed by atoms with Crippen molar-refractivity contribution >= 4 is 11.4 Å². The largest absolute Gasteiger partial charge is 0.300 e. The van der Waals surface area contributed by atoms with Crippen LogP contribution in [0.25, 0.3) is 0 Å². The predicted octanol–water partition coefficient (Wildman–Crippen LogP) is 2.58. The molecule has 4 nitrogen and oxygen atoms in total. The van der Waals surface area contributed by atoms with Crippen LogP contribution in [0.15, 0.2) is 36.4 Å². The predicted molar refractivity (Wildman–Crippen MR) is 74.2 cm³/mol. The molecule has 0 fully saturated rings. The number of hydrogen-bond donors (Lipinski definition) is 2. The normalized spacial score (nSPS) is 12.1. The fraction of sp³-hybridized carbons (Fsp3) is 0. The Morgan fingerprint density at radius 3 is 2.00 bits per heavy atom. The Bertz CT molecular complexity index is 863. The zero-order valence-corrected chi connectivity index (χ0v) is 10.4. The summed E-state index contributed by atoms with van der Waals surface area (Å²) < 4.78 is 0. The first kappa shape index (κ1) is 11.8. The lowest BCUT2D eigenvalue weighted by Crippen LogP contribution is -2.22. The van der Waals surface area contributed by atoms with Gasteiger partial charge in [0.05, 0.1) is 22.6 Å². The average molecular weight is 256 g/mol. The van der Waals surface area contributed by atoms with Gasteiger partial charge in [-0.2, -0.15) is 10.5 Å². The molecule has 2 N–H and O–H groups in total. The third-order valence-electron chi connectivity index (χ3n) is 3.42.